The normalized spacial score (nSPS) is 10.7. The Hall–Kier alpha value is -2.89. The number of benzene rings is 3. The molecule has 0 spiro atoms. The Morgan fingerprint density at radius 3 is 2.33 bits per heavy atom. The summed E-state index contributed by atoms with van der Waals surface area (Å²) in [5, 5.41) is 14.1. The van der Waals surface area contributed by atoms with E-state index in [1.807, 2.05) is 78.9 Å². The highest BCUT2D eigenvalue weighted by atomic mass is 79.9. The minimum atomic E-state index is -0.173. The van der Waals surface area contributed by atoms with Crippen LogP contribution in [0.15, 0.2) is 87.9 Å². The van der Waals surface area contributed by atoms with Crippen molar-refractivity contribution in [3.05, 3.63) is 88.9 Å². The van der Waals surface area contributed by atoms with Crippen molar-refractivity contribution in [2.45, 2.75) is 6.61 Å². The highest BCUT2D eigenvalue weighted by molar-refractivity contribution is 9.10. The van der Waals surface area contributed by atoms with Gasteiger partial charge >= 0.3 is 0 Å². The quantitative estimate of drug-likeness (QED) is 0.425. The van der Waals surface area contributed by atoms with E-state index in [-0.39, 0.29) is 6.61 Å². The molecule has 0 amide bonds. The Morgan fingerprint density at radius 2 is 1.59 bits per heavy atom. The number of ether oxygens (including phenoxy) is 1. The summed E-state index contributed by atoms with van der Waals surface area (Å²) in [4.78, 5) is 0. The number of para-hydroxylation sites is 1. The fourth-order valence-electron chi connectivity index (χ4n) is 2.84. The Kier molecular flexibility index (Phi) is 5.05. The molecule has 0 aliphatic heterocycles. The third-order valence-electron chi connectivity index (χ3n) is 4.14. The van der Waals surface area contributed by atoms with E-state index in [2.05, 4.69) is 21.1 Å². The summed E-state index contributed by atoms with van der Waals surface area (Å²) in [7, 11) is 0. The van der Waals surface area contributed by atoms with Gasteiger partial charge in [0.15, 0.2) is 5.76 Å². The minimum absolute atomic E-state index is 0.173. The summed E-state index contributed by atoms with van der Waals surface area (Å²) in [5.41, 5.74) is 2.93. The van der Waals surface area contributed by atoms with Crippen molar-refractivity contribution in [2.75, 3.05) is 0 Å². The predicted octanol–water partition coefficient (Wildman–Crippen LogP) is 6.06. The van der Waals surface area contributed by atoms with Crippen LogP contribution in [0.1, 0.15) is 5.56 Å². The summed E-state index contributed by atoms with van der Waals surface area (Å²) < 4.78 is 12.4. The van der Waals surface area contributed by atoms with Gasteiger partial charge in [0.05, 0.1) is 12.2 Å². The van der Waals surface area contributed by atoms with Gasteiger partial charge in [-0.3, -0.25) is 0 Å². The maximum Gasteiger partial charge on any atom is 0.173 e. The standard InChI is InChI=1S/C22H16BrNO3/c23-17-11-9-15(10-12-17)22-20(14-25)21(24-27-22)16-5-4-8-19(13-16)26-18-6-2-1-3-7-18/h1-13,25H,14H2. The Morgan fingerprint density at radius 1 is 0.852 bits per heavy atom. The lowest BCUT2D eigenvalue weighted by Gasteiger charge is -2.07. The van der Waals surface area contributed by atoms with E-state index in [0.29, 0.717) is 22.8 Å². The molecule has 0 aliphatic carbocycles. The van der Waals surface area contributed by atoms with Crippen molar-refractivity contribution in [3.63, 3.8) is 0 Å². The molecule has 1 N–H and O–H groups in total. The highest BCUT2D eigenvalue weighted by Crippen LogP contribution is 2.34. The predicted molar refractivity (Wildman–Crippen MR) is 108 cm³/mol. The van der Waals surface area contributed by atoms with E-state index >= 15 is 0 Å². The van der Waals surface area contributed by atoms with Crippen molar-refractivity contribution in [3.8, 4) is 34.1 Å². The maximum absolute atomic E-state index is 9.93. The van der Waals surface area contributed by atoms with Crippen LogP contribution in [0.4, 0.5) is 0 Å². The van der Waals surface area contributed by atoms with Crippen LogP contribution in [-0.2, 0) is 6.61 Å². The van der Waals surface area contributed by atoms with Gasteiger partial charge < -0.3 is 14.4 Å². The molecule has 27 heavy (non-hydrogen) atoms. The summed E-state index contributed by atoms with van der Waals surface area (Å²) in [6.07, 6.45) is 0. The van der Waals surface area contributed by atoms with Crippen LogP contribution in [0.2, 0.25) is 0 Å². The zero-order valence-electron chi connectivity index (χ0n) is 14.3. The van der Waals surface area contributed by atoms with Gasteiger partial charge in [0.1, 0.15) is 17.2 Å². The largest absolute Gasteiger partial charge is 0.457 e. The number of hydrogen-bond acceptors (Lipinski definition) is 4. The number of aliphatic hydroxyl groups is 1. The van der Waals surface area contributed by atoms with Gasteiger partial charge in [-0.2, -0.15) is 0 Å². The van der Waals surface area contributed by atoms with Gasteiger partial charge in [-0.1, -0.05) is 63.6 Å². The molecule has 4 nitrogen and oxygen atoms in total. The van der Waals surface area contributed by atoms with Gasteiger partial charge in [0.25, 0.3) is 0 Å². The lowest BCUT2D eigenvalue weighted by Crippen LogP contribution is -1.90. The van der Waals surface area contributed by atoms with Gasteiger partial charge in [0.2, 0.25) is 0 Å². The summed E-state index contributed by atoms with van der Waals surface area (Å²) >= 11 is 3.42. The van der Waals surface area contributed by atoms with Crippen LogP contribution in [0.5, 0.6) is 11.5 Å². The molecule has 0 saturated heterocycles. The number of aliphatic hydroxyl groups excluding tert-OH is 1. The van der Waals surface area contributed by atoms with E-state index in [4.69, 9.17) is 9.26 Å². The van der Waals surface area contributed by atoms with Crippen LogP contribution in [0, 0.1) is 0 Å². The van der Waals surface area contributed by atoms with Gasteiger partial charge in [0, 0.05) is 15.6 Å². The molecule has 4 rings (SSSR count). The molecule has 0 aliphatic rings. The van der Waals surface area contributed by atoms with Crippen LogP contribution in [0.25, 0.3) is 22.6 Å². The molecule has 134 valence electrons. The average Bonchev–Trinajstić information content (AvgIpc) is 3.14. The molecule has 4 aromatic rings. The van der Waals surface area contributed by atoms with E-state index in [0.717, 1.165) is 21.3 Å². The maximum atomic E-state index is 9.93. The molecule has 3 aromatic carbocycles. The first kappa shape index (κ1) is 17.5. The van der Waals surface area contributed by atoms with Crippen LogP contribution in [-0.4, -0.2) is 10.3 Å². The molecule has 0 radical (unpaired) electrons. The monoisotopic (exact) mass is 421 g/mol. The number of aromatic nitrogens is 1. The first-order chi connectivity index (χ1) is 13.2. The third-order valence-corrected chi connectivity index (χ3v) is 4.67. The molecule has 0 fully saturated rings. The lowest BCUT2D eigenvalue weighted by molar-refractivity contribution is 0.281. The molecule has 0 atom stereocenters. The fourth-order valence-corrected chi connectivity index (χ4v) is 3.11. The van der Waals surface area contributed by atoms with Gasteiger partial charge in [-0.15, -0.1) is 0 Å². The van der Waals surface area contributed by atoms with Crippen LogP contribution < -0.4 is 4.74 Å². The SMILES string of the molecule is OCc1c(-c2cccc(Oc3ccccc3)c2)noc1-c1ccc(Br)cc1. The zero-order chi connectivity index (χ0) is 18.6. The Labute approximate surface area is 165 Å². The fraction of sp³-hybridized carbons (Fsp3) is 0.0455. The van der Waals surface area contributed by atoms with Crippen LogP contribution in [0.3, 0.4) is 0 Å². The van der Waals surface area contributed by atoms with Crippen molar-refractivity contribution in [1.82, 2.24) is 5.16 Å². The summed E-state index contributed by atoms with van der Waals surface area (Å²) in [6.45, 7) is -0.173. The topological polar surface area (TPSA) is 55.5 Å². The zero-order valence-corrected chi connectivity index (χ0v) is 15.9. The van der Waals surface area contributed by atoms with Crippen molar-refractivity contribution in [2.24, 2.45) is 0 Å². The van der Waals surface area contributed by atoms with E-state index in [1.54, 1.807) is 0 Å². The molecule has 0 bridgehead atoms. The minimum Gasteiger partial charge on any atom is -0.457 e. The number of halogens is 1. The third kappa shape index (κ3) is 3.79. The average molecular weight is 422 g/mol. The highest BCUT2D eigenvalue weighted by Gasteiger charge is 2.18. The number of nitrogens with zero attached hydrogens (tertiary/aromatic N) is 1. The Balaban J connectivity index is 1.69. The molecular weight excluding hydrogens is 406 g/mol. The van der Waals surface area contributed by atoms with E-state index in [9.17, 15) is 5.11 Å². The van der Waals surface area contributed by atoms with Crippen molar-refractivity contribution >= 4 is 15.9 Å². The molecule has 1 aromatic heterocycles. The van der Waals surface area contributed by atoms with E-state index in [1.165, 1.54) is 0 Å². The summed E-state index contributed by atoms with van der Waals surface area (Å²) in [5.74, 6) is 2.01. The second-order valence-electron chi connectivity index (χ2n) is 5.95. The summed E-state index contributed by atoms with van der Waals surface area (Å²) in [6, 6.07) is 24.8. The molecule has 1 heterocycles. The van der Waals surface area contributed by atoms with Crippen LogP contribution >= 0.6 is 15.9 Å². The molecule has 0 unspecified atom stereocenters. The first-order valence-corrected chi connectivity index (χ1v) is 9.22. The molecule has 5 heteroatoms. The second-order valence-corrected chi connectivity index (χ2v) is 6.86. The van der Waals surface area contributed by atoms with Crippen molar-refractivity contribution in [1.29, 1.82) is 0 Å². The number of hydrogen-bond donors (Lipinski definition) is 1. The first-order valence-electron chi connectivity index (χ1n) is 8.43. The Bertz CT molecular complexity index is 1040. The lowest BCUT2D eigenvalue weighted by atomic mass is 10.0. The smallest absolute Gasteiger partial charge is 0.173 e. The van der Waals surface area contributed by atoms with E-state index < -0.39 is 0 Å². The molecular formula is C22H16BrNO3. The number of rotatable bonds is 5. The van der Waals surface area contributed by atoms with Gasteiger partial charge in [-0.05, 0) is 36.4 Å². The second kappa shape index (κ2) is 7.78. The molecule has 0 saturated carbocycles. The van der Waals surface area contributed by atoms with Crippen molar-refractivity contribution < 1.29 is 14.4 Å². The van der Waals surface area contributed by atoms with Gasteiger partial charge in [-0.25, -0.2) is 0 Å².